The molecule has 0 bridgehead atoms. The highest BCUT2D eigenvalue weighted by Gasteiger charge is 2.37. The van der Waals surface area contributed by atoms with E-state index in [1.54, 1.807) is 0 Å². The number of H-pyrrole nitrogens is 1. The van der Waals surface area contributed by atoms with Gasteiger partial charge in [-0.15, -0.1) is 4.20 Å². The van der Waals surface area contributed by atoms with Crippen LogP contribution in [0.2, 0.25) is 0 Å². The SMILES string of the molecule is O=c1ccn([C@H]2C[C@H](O)[C@@H](COP(=O)(O)F)O2)c(=O)[nH]1. The number of aliphatic hydroxyl groups excluding tert-OH is 1. The molecular formula is C9H12FN2O7P. The summed E-state index contributed by atoms with van der Waals surface area (Å²) in [6, 6.07) is 1.10. The average Bonchev–Trinajstić information content (AvgIpc) is 2.67. The van der Waals surface area contributed by atoms with Crippen molar-refractivity contribution in [2.45, 2.75) is 24.9 Å². The quantitative estimate of drug-likeness (QED) is 0.625. The number of nitrogens with one attached hydrogen (secondary N) is 1. The molecule has 0 aliphatic carbocycles. The maximum absolute atomic E-state index is 12.4. The summed E-state index contributed by atoms with van der Waals surface area (Å²) in [5.41, 5.74) is -1.31. The highest BCUT2D eigenvalue weighted by atomic mass is 31.2. The lowest BCUT2D eigenvalue weighted by Crippen LogP contribution is -2.31. The van der Waals surface area contributed by atoms with Gasteiger partial charge >= 0.3 is 13.6 Å². The van der Waals surface area contributed by atoms with Crippen molar-refractivity contribution in [3.8, 4) is 0 Å². The zero-order valence-electron chi connectivity index (χ0n) is 10.0. The van der Waals surface area contributed by atoms with Crippen LogP contribution in [0.4, 0.5) is 4.20 Å². The van der Waals surface area contributed by atoms with Gasteiger partial charge in [-0.2, -0.15) is 0 Å². The normalized spacial score (nSPS) is 29.2. The van der Waals surface area contributed by atoms with E-state index >= 15 is 0 Å². The lowest BCUT2D eigenvalue weighted by Gasteiger charge is -2.15. The molecule has 112 valence electrons. The highest BCUT2D eigenvalue weighted by Crippen LogP contribution is 2.44. The number of nitrogens with zero attached hydrogens (tertiary/aromatic N) is 1. The Bertz CT molecular complexity index is 638. The molecule has 0 spiro atoms. The Balaban J connectivity index is 2.08. The molecule has 3 N–H and O–H groups in total. The average molecular weight is 310 g/mol. The van der Waals surface area contributed by atoms with Crippen molar-refractivity contribution in [1.82, 2.24) is 9.55 Å². The second-order valence-corrected chi connectivity index (χ2v) is 5.36. The van der Waals surface area contributed by atoms with Crippen LogP contribution >= 0.6 is 7.91 Å². The third-order valence-electron chi connectivity index (χ3n) is 2.76. The van der Waals surface area contributed by atoms with E-state index in [-0.39, 0.29) is 6.42 Å². The largest absolute Gasteiger partial charge is 0.510 e. The summed E-state index contributed by atoms with van der Waals surface area (Å²) in [6.45, 7) is -0.639. The number of aromatic nitrogens is 2. The monoisotopic (exact) mass is 310 g/mol. The third kappa shape index (κ3) is 3.62. The van der Waals surface area contributed by atoms with E-state index in [0.717, 1.165) is 10.6 Å². The fourth-order valence-corrected chi connectivity index (χ4v) is 2.19. The Hall–Kier alpha value is -1.32. The van der Waals surface area contributed by atoms with Crippen molar-refractivity contribution in [1.29, 1.82) is 0 Å². The summed E-state index contributed by atoms with van der Waals surface area (Å²) in [5, 5.41) is 9.68. The maximum atomic E-state index is 12.4. The van der Waals surface area contributed by atoms with Crippen LogP contribution in [0, 0.1) is 0 Å². The number of aromatic amines is 1. The van der Waals surface area contributed by atoms with Crippen molar-refractivity contribution < 1.29 is 28.0 Å². The van der Waals surface area contributed by atoms with Crippen LogP contribution in [0.15, 0.2) is 21.9 Å². The van der Waals surface area contributed by atoms with E-state index in [2.05, 4.69) is 4.52 Å². The van der Waals surface area contributed by atoms with E-state index in [0.29, 0.717) is 0 Å². The first-order valence-electron chi connectivity index (χ1n) is 5.58. The Morgan fingerprint density at radius 3 is 2.90 bits per heavy atom. The van der Waals surface area contributed by atoms with Crippen LogP contribution in [-0.4, -0.2) is 38.4 Å². The van der Waals surface area contributed by atoms with Gasteiger partial charge in [0.05, 0.1) is 12.7 Å². The predicted molar refractivity (Wildman–Crippen MR) is 62.7 cm³/mol. The molecule has 4 atom stereocenters. The van der Waals surface area contributed by atoms with E-state index in [1.807, 2.05) is 4.98 Å². The fourth-order valence-electron chi connectivity index (χ4n) is 1.86. The predicted octanol–water partition coefficient (Wildman–Crippen LogP) is -0.729. The lowest BCUT2D eigenvalue weighted by molar-refractivity contribution is -0.0438. The zero-order chi connectivity index (χ0) is 14.9. The Kier molecular flexibility index (Phi) is 4.21. The number of halogens is 1. The van der Waals surface area contributed by atoms with Gasteiger partial charge in [-0.05, 0) is 0 Å². The molecule has 0 aromatic carbocycles. The topological polar surface area (TPSA) is 131 Å². The van der Waals surface area contributed by atoms with Crippen LogP contribution in [-0.2, 0) is 13.8 Å². The Morgan fingerprint density at radius 1 is 1.60 bits per heavy atom. The molecular weight excluding hydrogens is 298 g/mol. The molecule has 2 rings (SSSR count). The highest BCUT2D eigenvalue weighted by molar-refractivity contribution is 7.46. The Labute approximate surface area is 111 Å². The van der Waals surface area contributed by atoms with Crippen molar-refractivity contribution in [3.63, 3.8) is 0 Å². The minimum absolute atomic E-state index is 0.0119. The molecule has 1 fully saturated rings. The number of aliphatic hydroxyl groups is 1. The van der Waals surface area contributed by atoms with Crippen molar-refractivity contribution in [2.24, 2.45) is 0 Å². The number of ether oxygens (including phenoxy) is 1. The van der Waals surface area contributed by atoms with Gasteiger partial charge in [0.2, 0.25) is 0 Å². The summed E-state index contributed by atoms with van der Waals surface area (Å²) in [7, 11) is -5.16. The van der Waals surface area contributed by atoms with Crippen LogP contribution in [0.1, 0.15) is 12.6 Å². The van der Waals surface area contributed by atoms with Crippen LogP contribution in [0.25, 0.3) is 0 Å². The van der Waals surface area contributed by atoms with E-state index in [4.69, 9.17) is 9.63 Å². The molecule has 1 aromatic heterocycles. The van der Waals surface area contributed by atoms with Gasteiger partial charge in [0.15, 0.2) is 0 Å². The van der Waals surface area contributed by atoms with Gasteiger partial charge in [-0.3, -0.25) is 23.8 Å². The molecule has 1 unspecified atom stereocenters. The zero-order valence-corrected chi connectivity index (χ0v) is 10.9. The summed E-state index contributed by atoms with van der Waals surface area (Å²) in [4.78, 5) is 32.8. The van der Waals surface area contributed by atoms with Crippen molar-refractivity contribution in [2.75, 3.05) is 6.61 Å². The van der Waals surface area contributed by atoms with Crippen molar-refractivity contribution in [3.05, 3.63) is 33.1 Å². The molecule has 1 saturated heterocycles. The van der Waals surface area contributed by atoms with Gasteiger partial charge in [0.25, 0.3) is 5.56 Å². The van der Waals surface area contributed by atoms with Crippen LogP contribution in [0.3, 0.4) is 0 Å². The lowest BCUT2D eigenvalue weighted by atomic mass is 10.2. The molecule has 0 saturated carbocycles. The summed E-state index contributed by atoms with van der Waals surface area (Å²) < 4.78 is 33.0. The molecule has 1 aliphatic heterocycles. The van der Waals surface area contributed by atoms with E-state index in [9.17, 15) is 23.5 Å². The van der Waals surface area contributed by atoms with Gasteiger partial charge < -0.3 is 9.84 Å². The molecule has 2 heterocycles. The molecule has 11 heteroatoms. The first-order chi connectivity index (χ1) is 9.26. The molecule has 0 amide bonds. The van der Waals surface area contributed by atoms with E-state index < -0.39 is 44.2 Å². The summed E-state index contributed by atoms with van der Waals surface area (Å²) >= 11 is 0. The van der Waals surface area contributed by atoms with Gasteiger partial charge in [0, 0.05) is 18.7 Å². The smallest absolute Gasteiger partial charge is 0.390 e. The maximum Gasteiger partial charge on any atom is 0.510 e. The van der Waals surface area contributed by atoms with E-state index in [1.165, 1.54) is 6.20 Å². The van der Waals surface area contributed by atoms with Crippen LogP contribution in [0.5, 0.6) is 0 Å². The summed E-state index contributed by atoms with van der Waals surface area (Å²) in [5.74, 6) is 0. The van der Waals surface area contributed by atoms with Gasteiger partial charge in [0.1, 0.15) is 12.3 Å². The molecule has 20 heavy (non-hydrogen) atoms. The summed E-state index contributed by atoms with van der Waals surface area (Å²) in [6.07, 6.45) is -1.88. The van der Waals surface area contributed by atoms with Gasteiger partial charge in [-0.1, -0.05) is 0 Å². The fraction of sp³-hybridized carbons (Fsp3) is 0.556. The molecule has 0 radical (unpaired) electrons. The Morgan fingerprint density at radius 2 is 2.30 bits per heavy atom. The second kappa shape index (κ2) is 5.58. The minimum Gasteiger partial charge on any atom is -0.390 e. The number of hydrogen-bond donors (Lipinski definition) is 3. The first kappa shape index (κ1) is 15.1. The molecule has 1 aromatic rings. The van der Waals surface area contributed by atoms with Gasteiger partial charge in [-0.25, -0.2) is 9.36 Å². The number of rotatable bonds is 4. The standard InChI is InChI=1S/C9H12FN2O7P/c10-20(16,17)18-4-6-5(13)3-8(19-6)12-2-1-7(14)11-9(12)15/h1-2,5-6,8,13H,3-4H2,(H,16,17)(H,11,14,15)/t5-,6+,8+/m0/s1. The molecule has 1 aliphatic rings. The third-order valence-corrected chi connectivity index (χ3v) is 3.23. The first-order valence-corrected chi connectivity index (χ1v) is 7.05. The number of hydrogen-bond acceptors (Lipinski definition) is 6. The minimum atomic E-state index is -5.16. The van der Waals surface area contributed by atoms with Crippen LogP contribution < -0.4 is 11.2 Å². The molecule has 9 nitrogen and oxygen atoms in total. The second-order valence-electron chi connectivity index (χ2n) is 4.20. The van der Waals surface area contributed by atoms with Crippen molar-refractivity contribution >= 4 is 7.91 Å².